The van der Waals surface area contributed by atoms with Crippen LogP contribution in [0.25, 0.3) is 11.1 Å². The van der Waals surface area contributed by atoms with Gasteiger partial charge in [0.2, 0.25) is 5.91 Å². The van der Waals surface area contributed by atoms with Gasteiger partial charge < -0.3 is 9.32 Å². The maximum atomic E-state index is 12.7. The standard InChI is InChI=1S/C20H22N2O3/c1-14(2)22(13-16-6-4-3-5-7-16)19(23)11-9-15-8-10-18-17(12-15)21-20(24)25-18/h3-8,10,12,14H,9,11,13H2,1-2H3,(H,21,24). The van der Waals surface area contributed by atoms with E-state index in [-0.39, 0.29) is 11.9 Å². The molecule has 0 fully saturated rings. The first-order chi connectivity index (χ1) is 12.0. The first kappa shape index (κ1) is 17.0. The topological polar surface area (TPSA) is 66.3 Å². The molecule has 0 spiro atoms. The first-order valence-corrected chi connectivity index (χ1v) is 8.48. The van der Waals surface area contributed by atoms with Gasteiger partial charge in [-0.2, -0.15) is 0 Å². The van der Waals surface area contributed by atoms with Crippen molar-refractivity contribution < 1.29 is 9.21 Å². The predicted octanol–water partition coefficient (Wildman–Crippen LogP) is 3.49. The zero-order chi connectivity index (χ0) is 17.8. The van der Waals surface area contributed by atoms with Crippen LogP contribution in [0.15, 0.2) is 57.7 Å². The van der Waals surface area contributed by atoms with E-state index in [1.165, 1.54) is 0 Å². The van der Waals surface area contributed by atoms with E-state index in [2.05, 4.69) is 4.98 Å². The number of carbonyl (C=O) groups excluding carboxylic acids is 1. The molecule has 5 heteroatoms. The molecule has 1 N–H and O–H groups in total. The molecule has 0 saturated carbocycles. The fourth-order valence-electron chi connectivity index (χ4n) is 2.89. The monoisotopic (exact) mass is 338 g/mol. The second-order valence-electron chi connectivity index (χ2n) is 6.45. The first-order valence-electron chi connectivity index (χ1n) is 8.48. The fourth-order valence-corrected chi connectivity index (χ4v) is 2.89. The van der Waals surface area contributed by atoms with Crippen molar-refractivity contribution in [3.63, 3.8) is 0 Å². The van der Waals surface area contributed by atoms with Crippen LogP contribution in [0.5, 0.6) is 0 Å². The molecule has 1 aromatic heterocycles. The van der Waals surface area contributed by atoms with E-state index in [0.29, 0.717) is 30.5 Å². The molecular formula is C20H22N2O3. The summed E-state index contributed by atoms with van der Waals surface area (Å²) < 4.78 is 5.00. The normalized spacial score (nSPS) is 11.2. The molecule has 0 saturated heterocycles. The molecule has 0 aliphatic heterocycles. The van der Waals surface area contributed by atoms with Gasteiger partial charge in [-0.1, -0.05) is 36.4 Å². The Bertz CT molecular complexity index is 909. The largest absolute Gasteiger partial charge is 0.417 e. The number of carbonyl (C=O) groups is 1. The second-order valence-corrected chi connectivity index (χ2v) is 6.45. The quantitative estimate of drug-likeness (QED) is 0.748. The molecule has 3 rings (SSSR count). The van der Waals surface area contributed by atoms with Crippen LogP contribution >= 0.6 is 0 Å². The smallest absolute Gasteiger partial charge is 0.408 e. The van der Waals surface area contributed by atoms with Crippen molar-refractivity contribution in [3.8, 4) is 0 Å². The van der Waals surface area contributed by atoms with Gasteiger partial charge in [-0.15, -0.1) is 0 Å². The molecule has 1 amide bonds. The Balaban J connectivity index is 1.66. The lowest BCUT2D eigenvalue weighted by Gasteiger charge is -2.27. The van der Waals surface area contributed by atoms with Gasteiger partial charge in [-0.05, 0) is 43.5 Å². The highest BCUT2D eigenvalue weighted by atomic mass is 16.4. The highest BCUT2D eigenvalue weighted by Gasteiger charge is 2.17. The number of benzene rings is 2. The number of oxazole rings is 1. The summed E-state index contributed by atoms with van der Waals surface area (Å²) in [6, 6.07) is 15.7. The molecule has 0 aliphatic carbocycles. The lowest BCUT2D eigenvalue weighted by Crippen LogP contribution is -2.36. The van der Waals surface area contributed by atoms with Gasteiger partial charge in [0.25, 0.3) is 0 Å². The number of aromatic amines is 1. The molecule has 5 nitrogen and oxygen atoms in total. The number of H-pyrrole nitrogens is 1. The van der Waals surface area contributed by atoms with E-state index < -0.39 is 5.76 Å². The van der Waals surface area contributed by atoms with Gasteiger partial charge in [0.05, 0.1) is 5.52 Å². The van der Waals surface area contributed by atoms with Crippen molar-refractivity contribution in [2.24, 2.45) is 0 Å². The van der Waals surface area contributed by atoms with Gasteiger partial charge >= 0.3 is 5.76 Å². The van der Waals surface area contributed by atoms with E-state index in [1.807, 2.05) is 61.2 Å². The second kappa shape index (κ2) is 7.38. The van der Waals surface area contributed by atoms with E-state index in [4.69, 9.17) is 4.42 Å². The minimum Gasteiger partial charge on any atom is -0.408 e. The minimum absolute atomic E-state index is 0.125. The fraction of sp³-hybridized carbons (Fsp3) is 0.300. The van der Waals surface area contributed by atoms with E-state index >= 15 is 0 Å². The molecular weight excluding hydrogens is 316 g/mol. The van der Waals surface area contributed by atoms with Crippen molar-refractivity contribution in [1.82, 2.24) is 9.88 Å². The Morgan fingerprint density at radius 2 is 1.88 bits per heavy atom. The Labute approximate surface area is 146 Å². The molecule has 3 aromatic rings. The molecule has 0 bridgehead atoms. The number of aromatic nitrogens is 1. The summed E-state index contributed by atoms with van der Waals surface area (Å²) in [5, 5.41) is 0. The third-order valence-electron chi connectivity index (χ3n) is 4.25. The molecule has 0 aliphatic rings. The maximum absolute atomic E-state index is 12.7. The number of fused-ring (bicyclic) bond motifs is 1. The van der Waals surface area contributed by atoms with Crippen LogP contribution in [-0.4, -0.2) is 21.8 Å². The number of hydrogen-bond acceptors (Lipinski definition) is 3. The SMILES string of the molecule is CC(C)N(Cc1ccccc1)C(=O)CCc1ccc2oc(=O)[nH]c2c1. The van der Waals surface area contributed by atoms with Crippen molar-refractivity contribution >= 4 is 17.0 Å². The van der Waals surface area contributed by atoms with E-state index in [9.17, 15) is 9.59 Å². The molecule has 1 heterocycles. The molecule has 0 radical (unpaired) electrons. The van der Waals surface area contributed by atoms with Crippen LogP contribution in [-0.2, 0) is 17.8 Å². The van der Waals surface area contributed by atoms with Crippen molar-refractivity contribution in [3.05, 3.63) is 70.2 Å². The van der Waals surface area contributed by atoms with Gasteiger partial charge in [0.15, 0.2) is 5.58 Å². The van der Waals surface area contributed by atoms with Gasteiger partial charge in [0, 0.05) is 19.0 Å². The average molecular weight is 338 g/mol. The van der Waals surface area contributed by atoms with Crippen LogP contribution in [0, 0.1) is 0 Å². The highest BCUT2D eigenvalue weighted by molar-refractivity contribution is 5.77. The Morgan fingerprint density at radius 1 is 1.12 bits per heavy atom. The Hall–Kier alpha value is -2.82. The number of hydrogen-bond donors (Lipinski definition) is 1. The lowest BCUT2D eigenvalue weighted by atomic mass is 10.1. The number of rotatable bonds is 6. The van der Waals surface area contributed by atoms with Crippen molar-refractivity contribution in [1.29, 1.82) is 0 Å². The summed E-state index contributed by atoms with van der Waals surface area (Å²) in [4.78, 5) is 28.4. The van der Waals surface area contributed by atoms with Crippen LogP contribution in [0.3, 0.4) is 0 Å². The molecule has 0 unspecified atom stereocenters. The van der Waals surface area contributed by atoms with E-state index in [0.717, 1.165) is 11.1 Å². The highest BCUT2D eigenvalue weighted by Crippen LogP contribution is 2.15. The summed E-state index contributed by atoms with van der Waals surface area (Å²) in [5.41, 5.74) is 3.33. The van der Waals surface area contributed by atoms with E-state index in [1.54, 1.807) is 6.07 Å². The zero-order valence-electron chi connectivity index (χ0n) is 14.5. The number of nitrogens with one attached hydrogen (secondary N) is 1. The van der Waals surface area contributed by atoms with Gasteiger partial charge in [-0.3, -0.25) is 9.78 Å². The maximum Gasteiger partial charge on any atom is 0.417 e. The predicted molar refractivity (Wildman–Crippen MR) is 97.3 cm³/mol. The summed E-state index contributed by atoms with van der Waals surface area (Å²) in [5.74, 6) is -0.336. The van der Waals surface area contributed by atoms with Crippen LogP contribution < -0.4 is 5.76 Å². The third kappa shape index (κ3) is 4.18. The van der Waals surface area contributed by atoms with Crippen LogP contribution in [0.4, 0.5) is 0 Å². The Morgan fingerprint density at radius 3 is 2.60 bits per heavy atom. The summed E-state index contributed by atoms with van der Waals surface area (Å²) in [7, 11) is 0. The van der Waals surface area contributed by atoms with Crippen LogP contribution in [0.1, 0.15) is 31.4 Å². The average Bonchev–Trinajstić information content (AvgIpc) is 2.97. The summed E-state index contributed by atoms with van der Waals surface area (Å²) in [6.45, 7) is 4.68. The summed E-state index contributed by atoms with van der Waals surface area (Å²) in [6.07, 6.45) is 1.05. The van der Waals surface area contributed by atoms with Crippen LogP contribution in [0.2, 0.25) is 0 Å². The van der Waals surface area contributed by atoms with Gasteiger partial charge in [0.1, 0.15) is 0 Å². The van der Waals surface area contributed by atoms with Crippen molar-refractivity contribution in [2.75, 3.05) is 0 Å². The molecule has 0 atom stereocenters. The number of nitrogens with zero attached hydrogens (tertiary/aromatic N) is 1. The lowest BCUT2D eigenvalue weighted by molar-refractivity contribution is -0.133. The molecule has 2 aromatic carbocycles. The zero-order valence-corrected chi connectivity index (χ0v) is 14.5. The number of amides is 1. The summed E-state index contributed by atoms with van der Waals surface area (Å²) >= 11 is 0. The molecule has 130 valence electrons. The number of aryl methyl sites for hydroxylation is 1. The Kier molecular flexibility index (Phi) is 5.03. The molecule has 25 heavy (non-hydrogen) atoms. The third-order valence-corrected chi connectivity index (χ3v) is 4.25. The minimum atomic E-state index is -0.461. The van der Waals surface area contributed by atoms with Crippen molar-refractivity contribution in [2.45, 2.75) is 39.3 Å². The van der Waals surface area contributed by atoms with Gasteiger partial charge in [-0.25, -0.2) is 4.79 Å².